The number of amides is 4. The summed E-state index contributed by atoms with van der Waals surface area (Å²) in [5.41, 5.74) is -1.22. The van der Waals surface area contributed by atoms with Crippen LogP contribution in [0.3, 0.4) is 0 Å². The number of esters is 2. The highest BCUT2D eigenvalue weighted by molar-refractivity contribution is 5.92. The molecule has 12 heteroatoms. The number of nitrogens with one attached hydrogen (secondary N) is 4. The molecule has 0 radical (unpaired) electrons. The summed E-state index contributed by atoms with van der Waals surface area (Å²) in [5.74, 6) is -3.02. The molecule has 0 aliphatic heterocycles. The van der Waals surface area contributed by atoms with Crippen molar-refractivity contribution in [3.63, 3.8) is 0 Å². The van der Waals surface area contributed by atoms with E-state index in [-0.39, 0.29) is 51.2 Å². The summed E-state index contributed by atoms with van der Waals surface area (Å²) in [6.07, 6.45) is 1.74. The van der Waals surface area contributed by atoms with Crippen molar-refractivity contribution in [1.82, 2.24) is 21.3 Å². The molecule has 0 unspecified atom stereocenters. The van der Waals surface area contributed by atoms with Crippen LogP contribution >= 0.6 is 0 Å². The average molecular weight is 485 g/mol. The van der Waals surface area contributed by atoms with Crippen LogP contribution in [0, 0.1) is 10.8 Å². The van der Waals surface area contributed by atoms with Gasteiger partial charge in [-0.15, -0.1) is 0 Å². The summed E-state index contributed by atoms with van der Waals surface area (Å²) in [6, 6.07) is 0. The Morgan fingerprint density at radius 2 is 0.912 bits per heavy atom. The molecule has 4 N–H and O–H groups in total. The molecule has 0 aromatic rings. The van der Waals surface area contributed by atoms with Crippen molar-refractivity contribution in [2.24, 2.45) is 10.8 Å². The van der Waals surface area contributed by atoms with Crippen LogP contribution < -0.4 is 21.3 Å². The third-order valence-electron chi connectivity index (χ3n) is 3.87. The van der Waals surface area contributed by atoms with Crippen molar-refractivity contribution in [1.29, 1.82) is 0 Å². The molecule has 0 heterocycles. The van der Waals surface area contributed by atoms with E-state index in [0.717, 1.165) is 12.2 Å². The molecular formula is C22H36N4O8. The molecule has 4 amide bonds. The van der Waals surface area contributed by atoms with E-state index in [0.29, 0.717) is 0 Å². The number of hydrogen-bond donors (Lipinski definition) is 4. The number of carbonyl (C=O) groups is 6. The zero-order valence-corrected chi connectivity index (χ0v) is 20.7. The van der Waals surface area contributed by atoms with Crippen molar-refractivity contribution in [3.05, 3.63) is 12.2 Å². The Bertz CT molecular complexity index is 715. The third-order valence-corrected chi connectivity index (χ3v) is 3.87. The quantitative estimate of drug-likeness (QED) is 0.158. The predicted octanol–water partition coefficient (Wildman–Crippen LogP) is -0.814. The summed E-state index contributed by atoms with van der Waals surface area (Å²) in [5, 5.41) is 9.92. The van der Waals surface area contributed by atoms with Crippen molar-refractivity contribution >= 4 is 35.6 Å². The molecule has 192 valence electrons. The van der Waals surface area contributed by atoms with Gasteiger partial charge in [0.15, 0.2) is 0 Å². The first-order valence-electron chi connectivity index (χ1n) is 10.7. The van der Waals surface area contributed by atoms with E-state index in [1.165, 1.54) is 0 Å². The standard InChI is InChI=1S/C22H36N4O8/c1-21(2,3)19(31)25-13-15(27)23-9-11-33-17(29)7-8-18(30)34-12-10-24-16(28)14-26-20(32)22(4,5)6/h7-8H,9-14H2,1-6H3,(H,23,27)(H,24,28)(H,25,31)(H,26,32)/b8-7+. The van der Waals surface area contributed by atoms with Gasteiger partial charge in [-0.05, 0) is 0 Å². The normalized spacial score (nSPS) is 11.4. The Balaban J connectivity index is 3.92. The smallest absolute Gasteiger partial charge is 0.331 e. The maximum absolute atomic E-state index is 11.7. The van der Waals surface area contributed by atoms with Gasteiger partial charge in [0.1, 0.15) is 13.2 Å². The molecule has 0 aromatic heterocycles. The fraction of sp³-hybridized carbons (Fsp3) is 0.636. The molecule has 0 saturated heterocycles. The van der Waals surface area contributed by atoms with Crippen LogP contribution in [0.25, 0.3) is 0 Å². The number of rotatable bonds is 12. The Morgan fingerprint density at radius 3 is 1.21 bits per heavy atom. The molecule has 0 rings (SSSR count). The van der Waals surface area contributed by atoms with E-state index in [4.69, 9.17) is 9.47 Å². The first-order valence-corrected chi connectivity index (χ1v) is 10.7. The van der Waals surface area contributed by atoms with Gasteiger partial charge in [-0.3, -0.25) is 19.2 Å². The highest BCUT2D eigenvalue weighted by atomic mass is 16.5. The van der Waals surface area contributed by atoms with Crippen molar-refractivity contribution in [2.45, 2.75) is 41.5 Å². The molecule has 34 heavy (non-hydrogen) atoms. The van der Waals surface area contributed by atoms with Gasteiger partial charge in [-0.1, -0.05) is 41.5 Å². The van der Waals surface area contributed by atoms with Crippen LogP contribution in [-0.2, 0) is 38.2 Å². The first-order chi connectivity index (χ1) is 15.6. The summed E-state index contributed by atoms with van der Waals surface area (Å²) < 4.78 is 9.65. The van der Waals surface area contributed by atoms with Crippen LogP contribution in [0.15, 0.2) is 12.2 Å². The van der Waals surface area contributed by atoms with E-state index >= 15 is 0 Å². The summed E-state index contributed by atoms with van der Waals surface area (Å²) in [4.78, 5) is 69.7. The van der Waals surface area contributed by atoms with Gasteiger partial charge in [0, 0.05) is 23.0 Å². The van der Waals surface area contributed by atoms with Crippen molar-refractivity contribution in [3.8, 4) is 0 Å². The average Bonchev–Trinajstić information content (AvgIpc) is 2.73. The zero-order valence-electron chi connectivity index (χ0n) is 20.7. The van der Waals surface area contributed by atoms with Gasteiger partial charge in [-0.25, -0.2) is 9.59 Å². The Morgan fingerprint density at radius 1 is 0.588 bits per heavy atom. The monoisotopic (exact) mass is 484 g/mol. The summed E-state index contributed by atoms with van der Waals surface area (Å²) in [6.45, 7) is 9.74. The van der Waals surface area contributed by atoms with Gasteiger partial charge in [0.05, 0.1) is 26.2 Å². The third kappa shape index (κ3) is 15.4. The lowest BCUT2D eigenvalue weighted by atomic mass is 9.96. The lowest BCUT2D eigenvalue weighted by Gasteiger charge is -2.17. The minimum atomic E-state index is -0.810. The molecule has 0 fully saturated rings. The second kappa shape index (κ2) is 14.7. The molecule has 0 atom stereocenters. The van der Waals surface area contributed by atoms with Gasteiger partial charge >= 0.3 is 11.9 Å². The molecule has 0 aliphatic carbocycles. The van der Waals surface area contributed by atoms with Crippen LogP contribution in [0.5, 0.6) is 0 Å². The van der Waals surface area contributed by atoms with E-state index in [1.807, 2.05) is 0 Å². The second-order valence-corrected chi connectivity index (χ2v) is 9.23. The van der Waals surface area contributed by atoms with Crippen molar-refractivity contribution in [2.75, 3.05) is 39.4 Å². The minimum Gasteiger partial charge on any atom is -0.461 e. The Labute approximate surface area is 199 Å². The molecule has 0 spiro atoms. The lowest BCUT2D eigenvalue weighted by molar-refractivity contribution is -0.140. The SMILES string of the molecule is CC(C)(C)C(=O)NCC(=O)NCCOC(=O)/C=C/C(=O)OCCNC(=O)CNC(=O)C(C)(C)C. The zero-order chi connectivity index (χ0) is 26.4. The Hall–Kier alpha value is -3.44. The largest absolute Gasteiger partial charge is 0.461 e. The first kappa shape index (κ1) is 30.6. The van der Waals surface area contributed by atoms with E-state index < -0.39 is 34.6 Å². The van der Waals surface area contributed by atoms with Gasteiger partial charge < -0.3 is 30.7 Å². The van der Waals surface area contributed by atoms with Gasteiger partial charge in [-0.2, -0.15) is 0 Å². The molecule has 0 saturated carbocycles. The predicted molar refractivity (Wildman–Crippen MR) is 122 cm³/mol. The topological polar surface area (TPSA) is 169 Å². The van der Waals surface area contributed by atoms with E-state index in [9.17, 15) is 28.8 Å². The minimum absolute atomic E-state index is 0.0319. The van der Waals surface area contributed by atoms with Gasteiger partial charge in [0.25, 0.3) is 0 Å². The maximum Gasteiger partial charge on any atom is 0.331 e. The highest BCUT2D eigenvalue weighted by Gasteiger charge is 2.22. The van der Waals surface area contributed by atoms with Crippen molar-refractivity contribution < 1.29 is 38.2 Å². The number of hydrogen-bond acceptors (Lipinski definition) is 8. The fourth-order valence-corrected chi connectivity index (χ4v) is 1.89. The molecule has 0 aliphatic rings. The summed E-state index contributed by atoms with van der Waals surface area (Å²) in [7, 11) is 0. The molecule has 0 bridgehead atoms. The van der Waals surface area contributed by atoms with Crippen LogP contribution in [-0.4, -0.2) is 75.0 Å². The lowest BCUT2D eigenvalue weighted by Crippen LogP contribution is -2.42. The highest BCUT2D eigenvalue weighted by Crippen LogP contribution is 2.12. The Kier molecular flexibility index (Phi) is 13.2. The van der Waals surface area contributed by atoms with Crippen LogP contribution in [0.4, 0.5) is 0 Å². The maximum atomic E-state index is 11.7. The van der Waals surface area contributed by atoms with E-state index in [1.54, 1.807) is 41.5 Å². The number of carbonyl (C=O) groups excluding carboxylic acids is 6. The molecular weight excluding hydrogens is 448 g/mol. The fourth-order valence-electron chi connectivity index (χ4n) is 1.89. The summed E-state index contributed by atoms with van der Waals surface area (Å²) >= 11 is 0. The van der Waals surface area contributed by atoms with Crippen LogP contribution in [0.2, 0.25) is 0 Å². The van der Waals surface area contributed by atoms with E-state index in [2.05, 4.69) is 21.3 Å². The number of ether oxygens (including phenoxy) is 2. The van der Waals surface area contributed by atoms with Crippen LogP contribution in [0.1, 0.15) is 41.5 Å². The molecule has 0 aromatic carbocycles. The van der Waals surface area contributed by atoms with Gasteiger partial charge in [0.2, 0.25) is 23.6 Å². The second-order valence-electron chi connectivity index (χ2n) is 9.23. The molecule has 12 nitrogen and oxygen atoms in total.